The third-order valence-corrected chi connectivity index (χ3v) is 8.01. The molecule has 2 aliphatic heterocycles. The lowest BCUT2D eigenvalue weighted by Crippen LogP contribution is -2.39. The van der Waals surface area contributed by atoms with Gasteiger partial charge in [-0.1, -0.05) is 24.6 Å². The van der Waals surface area contributed by atoms with Crippen LogP contribution in [0, 0.1) is 5.92 Å². The van der Waals surface area contributed by atoms with Gasteiger partial charge in [-0.25, -0.2) is 13.2 Å². The van der Waals surface area contributed by atoms with Gasteiger partial charge in [0.25, 0.3) is 0 Å². The summed E-state index contributed by atoms with van der Waals surface area (Å²) in [5.41, 5.74) is 2.13. The van der Waals surface area contributed by atoms with Gasteiger partial charge in [-0.15, -0.1) is 0 Å². The molecule has 8 heteroatoms. The van der Waals surface area contributed by atoms with Gasteiger partial charge in [0.05, 0.1) is 18.0 Å². The zero-order valence-corrected chi connectivity index (χ0v) is 20.7. The number of amides is 1. The molecule has 0 radical (unpaired) electrons. The van der Waals surface area contributed by atoms with Gasteiger partial charge < -0.3 is 14.7 Å². The van der Waals surface area contributed by atoms with Gasteiger partial charge in [0, 0.05) is 26.2 Å². The molecule has 1 N–H and O–H groups in total. The van der Waals surface area contributed by atoms with Crippen LogP contribution in [0.15, 0.2) is 18.2 Å². The number of ether oxygens (including phenoxy) is 1. The van der Waals surface area contributed by atoms with E-state index in [2.05, 4.69) is 0 Å². The van der Waals surface area contributed by atoms with Crippen molar-refractivity contribution in [2.75, 3.05) is 25.9 Å². The highest BCUT2D eigenvalue weighted by Gasteiger charge is 2.29. The van der Waals surface area contributed by atoms with Crippen LogP contribution < -0.4 is 0 Å². The summed E-state index contributed by atoms with van der Waals surface area (Å²) < 4.78 is 30.4. The molecule has 0 aromatic heterocycles. The second-order valence-corrected chi connectivity index (χ2v) is 11.8. The molecule has 1 saturated heterocycles. The van der Waals surface area contributed by atoms with Crippen molar-refractivity contribution in [1.82, 2.24) is 9.21 Å². The molecule has 32 heavy (non-hydrogen) atoms. The van der Waals surface area contributed by atoms with Crippen molar-refractivity contribution in [2.45, 2.75) is 77.5 Å². The van der Waals surface area contributed by atoms with Crippen molar-refractivity contribution in [2.24, 2.45) is 5.92 Å². The number of carbonyl (C=O) groups is 1. The predicted molar refractivity (Wildman–Crippen MR) is 125 cm³/mol. The van der Waals surface area contributed by atoms with Crippen LogP contribution in [0.2, 0.25) is 0 Å². The van der Waals surface area contributed by atoms with Crippen LogP contribution in [0.1, 0.15) is 69.6 Å². The van der Waals surface area contributed by atoms with E-state index in [-0.39, 0.29) is 12.2 Å². The fraction of sp³-hybridized carbons (Fsp3) is 0.708. The first-order chi connectivity index (χ1) is 15.0. The van der Waals surface area contributed by atoms with E-state index in [1.165, 1.54) is 10.6 Å². The first-order valence-electron chi connectivity index (χ1n) is 11.7. The Morgan fingerprint density at radius 1 is 1.22 bits per heavy atom. The fourth-order valence-electron chi connectivity index (χ4n) is 4.70. The Morgan fingerprint density at radius 3 is 2.53 bits per heavy atom. The first kappa shape index (κ1) is 25.0. The maximum absolute atomic E-state index is 12.0. The lowest BCUT2D eigenvalue weighted by atomic mass is 9.84. The highest BCUT2D eigenvalue weighted by Crippen LogP contribution is 2.32. The van der Waals surface area contributed by atoms with Gasteiger partial charge in [-0.05, 0) is 75.5 Å². The van der Waals surface area contributed by atoms with E-state index >= 15 is 0 Å². The third kappa shape index (κ3) is 6.45. The van der Waals surface area contributed by atoms with Crippen LogP contribution in [0.4, 0.5) is 4.79 Å². The van der Waals surface area contributed by atoms with Crippen LogP contribution in [-0.4, -0.2) is 60.8 Å². The average molecular weight is 467 g/mol. The summed E-state index contributed by atoms with van der Waals surface area (Å²) in [4.78, 5) is 13.8. The Bertz CT molecular complexity index is 905. The van der Waals surface area contributed by atoms with Gasteiger partial charge in [0.2, 0.25) is 10.0 Å². The molecular weight excluding hydrogens is 428 g/mol. The van der Waals surface area contributed by atoms with Crippen LogP contribution in [0.25, 0.3) is 0 Å². The monoisotopic (exact) mass is 466 g/mol. The molecule has 1 aromatic rings. The molecule has 0 aliphatic carbocycles. The first-order valence-corrected chi connectivity index (χ1v) is 13.6. The quantitative estimate of drug-likeness (QED) is 0.663. The molecule has 7 nitrogen and oxygen atoms in total. The van der Waals surface area contributed by atoms with Crippen molar-refractivity contribution in [3.63, 3.8) is 0 Å². The molecule has 0 saturated carbocycles. The van der Waals surface area contributed by atoms with Crippen LogP contribution in [0.3, 0.4) is 0 Å². The molecule has 1 atom stereocenters. The van der Waals surface area contributed by atoms with E-state index in [1.807, 2.05) is 39.0 Å². The van der Waals surface area contributed by atoms with Crippen molar-refractivity contribution in [3.05, 3.63) is 34.9 Å². The highest BCUT2D eigenvalue weighted by atomic mass is 32.2. The standard InChI is InChI=1S/C24H38N2O5S/c1-18(2)31-23(27)25-13-9-19(10-14-25)6-5-12-24(3,28)22-8-7-21-17-26(32(4,29)30)15-11-20(21)16-22/h7-8,16,18-19,28H,5-6,9-15,17H2,1-4H3. The molecule has 2 aliphatic rings. The van der Waals surface area contributed by atoms with Crippen LogP contribution >= 0.6 is 0 Å². The number of likely N-dealkylation sites (tertiary alicyclic amines) is 1. The van der Waals surface area contributed by atoms with E-state index < -0.39 is 15.6 Å². The van der Waals surface area contributed by atoms with Crippen molar-refractivity contribution in [1.29, 1.82) is 0 Å². The number of rotatable bonds is 7. The van der Waals surface area contributed by atoms with Gasteiger partial charge in [-0.2, -0.15) is 4.31 Å². The van der Waals surface area contributed by atoms with Crippen LogP contribution in [0.5, 0.6) is 0 Å². The molecule has 1 amide bonds. The summed E-state index contributed by atoms with van der Waals surface area (Å²) in [5, 5.41) is 11.1. The van der Waals surface area contributed by atoms with E-state index in [0.29, 0.717) is 31.8 Å². The zero-order chi connectivity index (χ0) is 23.5. The second-order valence-electron chi connectivity index (χ2n) is 9.86. The molecule has 0 spiro atoms. The Kier molecular flexibility index (Phi) is 7.89. The maximum Gasteiger partial charge on any atom is 0.410 e. The molecule has 180 valence electrons. The number of hydrogen-bond acceptors (Lipinski definition) is 5. The molecule has 2 heterocycles. The Labute approximate surface area is 192 Å². The summed E-state index contributed by atoms with van der Waals surface area (Å²) >= 11 is 0. The Morgan fingerprint density at radius 2 is 1.91 bits per heavy atom. The zero-order valence-electron chi connectivity index (χ0n) is 19.8. The number of hydrogen-bond donors (Lipinski definition) is 1. The highest BCUT2D eigenvalue weighted by molar-refractivity contribution is 7.88. The van der Waals surface area contributed by atoms with Crippen molar-refractivity contribution in [3.8, 4) is 0 Å². The minimum Gasteiger partial charge on any atom is -0.447 e. The topological polar surface area (TPSA) is 87.2 Å². The predicted octanol–water partition coefficient (Wildman–Crippen LogP) is 3.64. The van der Waals surface area contributed by atoms with Crippen LogP contribution in [-0.2, 0) is 33.3 Å². The van der Waals surface area contributed by atoms with E-state index in [9.17, 15) is 18.3 Å². The SMILES string of the molecule is CC(C)OC(=O)N1CCC(CCCC(C)(O)c2ccc3c(c2)CCN(S(C)(=O)=O)C3)CC1. The average Bonchev–Trinajstić information content (AvgIpc) is 2.72. The molecule has 0 bridgehead atoms. The van der Waals surface area contributed by atoms with Gasteiger partial charge in [-0.3, -0.25) is 0 Å². The Hall–Kier alpha value is -1.64. The number of sulfonamides is 1. The lowest BCUT2D eigenvalue weighted by molar-refractivity contribution is 0.0413. The van der Waals surface area contributed by atoms with E-state index in [0.717, 1.165) is 55.5 Å². The number of piperidine rings is 1. The normalized spacial score (nSPS) is 20.1. The molecule has 1 aromatic carbocycles. The molecule has 3 rings (SSSR count). The fourth-order valence-corrected chi connectivity index (χ4v) is 5.50. The summed E-state index contributed by atoms with van der Waals surface area (Å²) in [5.74, 6) is 0.569. The summed E-state index contributed by atoms with van der Waals surface area (Å²) in [6.07, 6.45) is 6.21. The van der Waals surface area contributed by atoms with Crippen molar-refractivity contribution < 1.29 is 23.1 Å². The largest absolute Gasteiger partial charge is 0.447 e. The number of fused-ring (bicyclic) bond motifs is 1. The van der Waals surface area contributed by atoms with E-state index in [1.54, 1.807) is 4.90 Å². The van der Waals surface area contributed by atoms with E-state index in [4.69, 9.17) is 4.74 Å². The number of benzene rings is 1. The lowest BCUT2D eigenvalue weighted by Gasteiger charge is -2.33. The Balaban J connectivity index is 1.49. The third-order valence-electron chi connectivity index (χ3n) is 6.76. The number of carbonyl (C=O) groups excluding carboxylic acids is 1. The van der Waals surface area contributed by atoms with Gasteiger partial charge in [0.15, 0.2) is 0 Å². The smallest absolute Gasteiger partial charge is 0.410 e. The minimum atomic E-state index is -3.19. The molecule has 1 fully saturated rings. The summed E-state index contributed by atoms with van der Waals surface area (Å²) in [6.45, 7) is 7.96. The molecular formula is C24H38N2O5S. The maximum atomic E-state index is 12.0. The minimum absolute atomic E-state index is 0.0929. The summed E-state index contributed by atoms with van der Waals surface area (Å²) in [7, 11) is -3.19. The second kappa shape index (κ2) is 10.1. The number of aliphatic hydroxyl groups is 1. The molecule has 1 unspecified atom stereocenters. The summed E-state index contributed by atoms with van der Waals surface area (Å²) in [6, 6.07) is 5.94. The van der Waals surface area contributed by atoms with Crippen molar-refractivity contribution >= 4 is 16.1 Å². The number of nitrogens with zero attached hydrogens (tertiary/aromatic N) is 2. The van der Waals surface area contributed by atoms with Gasteiger partial charge in [0.1, 0.15) is 0 Å². The van der Waals surface area contributed by atoms with Gasteiger partial charge >= 0.3 is 6.09 Å².